The third kappa shape index (κ3) is 8.75. The lowest BCUT2D eigenvalue weighted by Gasteiger charge is -2.11. The highest BCUT2D eigenvalue weighted by Crippen LogP contribution is 2.27. The molecule has 0 unspecified atom stereocenters. The van der Waals surface area contributed by atoms with E-state index >= 15 is 0 Å². The molecule has 0 radical (unpaired) electrons. The third-order valence-corrected chi connectivity index (χ3v) is 6.24. The van der Waals surface area contributed by atoms with Crippen molar-refractivity contribution in [3.63, 3.8) is 0 Å². The number of benzene rings is 4. The lowest BCUT2D eigenvalue weighted by molar-refractivity contribution is 0.0682. The number of hydrogen-bond donors (Lipinski definition) is 6. The number of carboxylic acids is 2. The summed E-state index contributed by atoms with van der Waals surface area (Å²) in [6.45, 7) is -0.782. The van der Waals surface area contributed by atoms with Gasteiger partial charge in [-0.1, -0.05) is 15.9 Å². The molecule has 0 aromatic heterocycles. The second-order valence-corrected chi connectivity index (χ2v) is 9.26. The number of phenols is 2. The van der Waals surface area contributed by atoms with Crippen LogP contribution in [0.5, 0.6) is 11.5 Å². The molecular weight excluding hydrogens is 730 g/mol. The molecule has 19 heteroatoms. The van der Waals surface area contributed by atoms with Gasteiger partial charge in [-0.15, -0.1) is 0 Å². The Kier molecular flexibility index (Phi) is 12.8. The first-order chi connectivity index (χ1) is 21.8. The molecule has 0 fully saturated rings. The van der Waals surface area contributed by atoms with Gasteiger partial charge in [-0.3, -0.25) is 0 Å². The van der Waals surface area contributed by atoms with Crippen molar-refractivity contribution in [2.24, 2.45) is 0 Å². The average Bonchev–Trinajstić information content (AvgIpc) is 3.03. The van der Waals surface area contributed by atoms with Gasteiger partial charge in [0.2, 0.25) is 11.6 Å². The topological polar surface area (TPSA) is 153 Å². The number of hydrogen-bond acceptors (Lipinski definition) is 6. The zero-order chi connectivity index (χ0) is 35.9. The Balaban J connectivity index is 0.000000270. The van der Waals surface area contributed by atoms with Crippen LogP contribution in [0.15, 0.2) is 36.4 Å². The molecule has 0 aliphatic heterocycles. The van der Waals surface area contributed by atoms with Crippen LogP contribution in [0.1, 0.15) is 31.8 Å². The van der Waals surface area contributed by atoms with Gasteiger partial charge in [0.05, 0.1) is 0 Å². The van der Waals surface area contributed by atoms with Crippen LogP contribution in [0.25, 0.3) is 0 Å². The predicted molar refractivity (Wildman–Crippen MR) is 147 cm³/mol. The SMILES string of the molecule is Fc1c(F)c(F)c(CBr)c(F)c1F.Nc1ccc(O)c(C(=O)O)c1.O=C(O)c1cc(NCc2c(F)c(F)c(F)c(F)c2F)ccc1O. The Labute approximate surface area is 264 Å². The summed E-state index contributed by atoms with van der Waals surface area (Å²) in [6, 6.07) is 7.01. The number of carboxylic acid groups (broad SMARTS) is 2. The summed E-state index contributed by atoms with van der Waals surface area (Å²) in [5.74, 6) is -23.4. The van der Waals surface area contributed by atoms with Crippen LogP contribution in [-0.2, 0) is 11.9 Å². The highest BCUT2D eigenvalue weighted by atomic mass is 79.9. The van der Waals surface area contributed by atoms with Gasteiger partial charge >= 0.3 is 11.9 Å². The molecule has 0 heterocycles. The second-order valence-electron chi connectivity index (χ2n) is 8.70. The van der Waals surface area contributed by atoms with Gasteiger partial charge < -0.3 is 31.5 Å². The number of halogens is 11. The van der Waals surface area contributed by atoms with Gasteiger partial charge in [-0.05, 0) is 36.4 Å². The normalized spacial score (nSPS) is 10.4. The van der Waals surface area contributed by atoms with Crippen molar-refractivity contribution >= 4 is 39.2 Å². The Morgan fingerprint density at radius 3 is 1.34 bits per heavy atom. The summed E-state index contributed by atoms with van der Waals surface area (Å²) < 4.78 is 128. The van der Waals surface area contributed by atoms with Gasteiger partial charge in [-0.2, -0.15) is 0 Å². The van der Waals surface area contributed by atoms with Gasteiger partial charge in [0.15, 0.2) is 46.5 Å². The van der Waals surface area contributed by atoms with E-state index in [4.69, 9.17) is 21.1 Å². The van der Waals surface area contributed by atoms with E-state index < -0.39 is 104 Å². The van der Waals surface area contributed by atoms with Gasteiger partial charge in [0.25, 0.3) is 0 Å². The molecule has 0 saturated carbocycles. The van der Waals surface area contributed by atoms with Crippen molar-refractivity contribution in [2.45, 2.75) is 11.9 Å². The first-order valence-electron chi connectivity index (χ1n) is 12.0. The van der Waals surface area contributed by atoms with Crippen LogP contribution in [0.3, 0.4) is 0 Å². The third-order valence-electron chi connectivity index (χ3n) is 5.68. The maximum absolute atomic E-state index is 13.5. The molecule has 0 bridgehead atoms. The quantitative estimate of drug-likeness (QED) is 0.0299. The van der Waals surface area contributed by atoms with Gasteiger partial charge in [-0.25, -0.2) is 53.5 Å². The monoisotopic (exact) mass is 746 g/mol. The summed E-state index contributed by atoms with van der Waals surface area (Å²) in [4.78, 5) is 21.2. The average molecular weight is 747 g/mol. The molecule has 0 saturated heterocycles. The molecule has 0 atom stereocenters. The van der Waals surface area contributed by atoms with E-state index in [0.717, 1.165) is 12.1 Å². The maximum atomic E-state index is 13.5. The van der Waals surface area contributed by atoms with E-state index in [1.807, 2.05) is 0 Å². The Hall–Kier alpha value is -5.20. The molecule has 252 valence electrons. The molecule has 8 nitrogen and oxygen atoms in total. The van der Waals surface area contributed by atoms with Crippen molar-refractivity contribution in [2.75, 3.05) is 11.1 Å². The molecule has 4 rings (SSSR count). The Morgan fingerprint density at radius 1 is 0.596 bits per heavy atom. The fourth-order valence-electron chi connectivity index (χ4n) is 3.31. The van der Waals surface area contributed by atoms with Crippen LogP contribution >= 0.6 is 15.9 Å². The number of aromatic carboxylic acids is 2. The van der Waals surface area contributed by atoms with E-state index in [1.54, 1.807) is 0 Å². The number of nitrogens with one attached hydrogen (secondary N) is 1. The van der Waals surface area contributed by atoms with Gasteiger partial charge in [0, 0.05) is 34.4 Å². The number of carbonyl (C=O) groups is 2. The number of aromatic hydroxyl groups is 2. The molecule has 4 aromatic rings. The molecule has 0 aliphatic carbocycles. The minimum Gasteiger partial charge on any atom is -0.507 e. The maximum Gasteiger partial charge on any atom is 0.339 e. The smallest absolute Gasteiger partial charge is 0.339 e. The molecule has 7 N–H and O–H groups in total. The highest BCUT2D eigenvalue weighted by molar-refractivity contribution is 9.08. The minimum absolute atomic E-state index is 0.00383. The molecule has 0 amide bonds. The minimum atomic E-state index is -2.26. The lowest BCUT2D eigenvalue weighted by Crippen LogP contribution is -2.11. The van der Waals surface area contributed by atoms with Gasteiger partial charge in [0.1, 0.15) is 22.6 Å². The van der Waals surface area contributed by atoms with Crippen molar-refractivity contribution in [1.82, 2.24) is 0 Å². The fourth-order valence-corrected chi connectivity index (χ4v) is 3.80. The molecule has 0 aliphatic rings. The van der Waals surface area contributed by atoms with E-state index in [9.17, 15) is 58.6 Å². The number of nitrogens with two attached hydrogens (primary N) is 1. The Bertz CT molecular complexity index is 1790. The van der Waals surface area contributed by atoms with E-state index in [-0.39, 0.29) is 17.0 Å². The lowest BCUT2D eigenvalue weighted by atomic mass is 10.1. The molecular formula is C28H17BrF10N2O6. The zero-order valence-corrected chi connectivity index (χ0v) is 24.3. The molecule has 4 aromatic carbocycles. The van der Waals surface area contributed by atoms with Crippen LogP contribution in [0, 0.1) is 58.2 Å². The van der Waals surface area contributed by atoms with Crippen molar-refractivity contribution in [3.8, 4) is 11.5 Å². The second kappa shape index (κ2) is 15.9. The summed E-state index contributed by atoms with van der Waals surface area (Å²) >= 11 is 2.62. The number of anilines is 2. The summed E-state index contributed by atoms with van der Waals surface area (Å²) in [7, 11) is 0. The fraction of sp³-hybridized carbons (Fsp3) is 0.0714. The van der Waals surface area contributed by atoms with E-state index in [1.165, 1.54) is 24.3 Å². The van der Waals surface area contributed by atoms with Crippen molar-refractivity contribution in [1.29, 1.82) is 0 Å². The summed E-state index contributed by atoms with van der Waals surface area (Å²) in [5.41, 5.74) is 2.99. The van der Waals surface area contributed by atoms with Crippen molar-refractivity contribution in [3.05, 3.63) is 117 Å². The highest BCUT2D eigenvalue weighted by Gasteiger charge is 2.26. The number of alkyl halides is 1. The first kappa shape index (κ1) is 38.0. The summed E-state index contributed by atoms with van der Waals surface area (Å²) in [6.07, 6.45) is 0. The standard InChI is InChI=1S/C14H8F5NO3.C7H2BrF5.C7H7NO3/c15-9-7(10(16)12(18)13(19)11(9)17)4-20-5-1-2-8(21)6(3-5)14(22)23;8-1-2-3(9)5(11)7(13)6(12)4(2)10;8-4-1-2-6(9)5(3-4)7(10)11/h1-3,20-21H,4H2,(H,22,23);1H2;1-3,9H,8H2,(H,10,11). The first-order valence-corrected chi connectivity index (χ1v) is 13.2. The molecule has 0 spiro atoms. The van der Waals surface area contributed by atoms with Crippen LogP contribution in [-0.4, -0.2) is 32.4 Å². The largest absolute Gasteiger partial charge is 0.507 e. The summed E-state index contributed by atoms with van der Waals surface area (Å²) in [5, 5.41) is 37.5. The van der Waals surface area contributed by atoms with E-state index in [0.29, 0.717) is 5.69 Å². The zero-order valence-electron chi connectivity index (χ0n) is 22.7. The van der Waals surface area contributed by atoms with Crippen LogP contribution in [0.2, 0.25) is 0 Å². The number of nitrogen functional groups attached to an aromatic ring is 1. The van der Waals surface area contributed by atoms with Crippen molar-refractivity contribution < 1.29 is 73.9 Å². The predicted octanol–water partition coefficient (Wildman–Crippen LogP) is 7.35. The van der Waals surface area contributed by atoms with Crippen LogP contribution < -0.4 is 11.1 Å². The van der Waals surface area contributed by atoms with Crippen LogP contribution in [0.4, 0.5) is 55.3 Å². The molecule has 47 heavy (non-hydrogen) atoms. The number of rotatable bonds is 6. The Morgan fingerprint density at radius 2 is 0.957 bits per heavy atom. The van der Waals surface area contributed by atoms with E-state index in [2.05, 4.69) is 21.2 Å².